The van der Waals surface area contributed by atoms with Crippen molar-refractivity contribution >= 4 is 30.7 Å². The third-order valence-corrected chi connectivity index (χ3v) is 3.89. The van der Waals surface area contributed by atoms with Gasteiger partial charge in [-0.25, -0.2) is 0 Å². The van der Waals surface area contributed by atoms with Crippen LogP contribution in [0.1, 0.15) is 25.7 Å². The van der Waals surface area contributed by atoms with Gasteiger partial charge in [-0.05, 0) is 19.9 Å². The molecule has 0 spiro atoms. The summed E-state index contributed by atoms with van der Waals surface area (Å²) in [6, 6.07) is 0. The molecule has 7 heteroatoms. The lowest BCUT2D eigenvalue weighted by atomic mass is 9.85. The molecule has 0 unspecified atom stereocenters. The molecule has 0 aromatic heterocycles. The fourth-order valence-corrected chi connectivity index (χ4v) is 2.48. The molecule has 0 heterocycles. The third-order valence-electron chi connectivity index (χ3n) is 3.89. The summed E-state index contributed by atoms with van der Waals surface area (Å²) in [5.41, 5.74) is 5.49. The van der Waals surface area contributed by atoms with E-state index < -0.39 is 0 Å². The summed E-state index contributed by atoms with van der Waals surface area (Å²) >= 11 is 0. The molecule has 0 aromatic rings. The van der Waals surface area contributed by atoms with E-state index in [0.717, 1.165) is 45.4 Å². The van der Waals surface area contributed by atoms with Gasteiger partial charge >= 0.3 is 0 Å². The number of carbonyl (C=O) groups is 1. The number of nitrogens with one attached hydrogen (secondary N) is 1. The molecule has 3 N–H and O–H groups in total. The number of ether oxygens (including phenoxy) is 1. The number of hydrogen-bond acceptors (Lipinski definition) is 4. The third kappa shape index (κ3) is 6.59. The Hall–Kier alpha value is -0.0700. The Bertz CT molecular complexity index is 262. The maximum absolute atomic E-state index is 12.2. The van der Waals surface area contributed by atoms with Crippen LogP contribution in [-0.2, 0) is 9.53 Å². The minimum absolute atomic E-state index is 0. The first-order valence-electron chi connectivity index (χ1n) is 6.80. The summed E-state index contributed by atoms with van der Waals surface area (Å²) in [7, 11) is 3.72. The van der Waals surface area contributed by atoms with E-state index >= 15 is 0 Å². The smallest absolute Gasteiger partial charge is 0.227 e. The van der Waals surface area contributed by atoms with Gasteiger partial charge in [-0.15, -0.1) is 24.8 Å². The van der Waals surface area contributed by atoms with E-state index in [9.17, 15) is 4.79 Å². The topological polar surface area (TPSA) is 67.6 Å². The van der Waals surface area contributed by atoms with E-state index in [2.05, 4.69) is 10.2 Å². The average Bonchev–Trinajstić information content (AvgIpc) is 2.86. The zero-order chi connectivity index (χ0) is 13.4. The first kappa shape index (κ1) is 22.2. The SMILES string of the molecule is COCCN(C)CCNC(=O)C1(CN)CCCC1.Cl.Cl. The number of hydrogen-bond donors (Lipinski definition) is 2. The lowest BCUT2D eigenvalue weighted by Gasteiger charge is -2.26. The van der Waals surface area contributed by atoms with E-state index in [1.54, 1.807) is 7.11 Å². The summed E-state index contributed by atoms with van der Waals surface area (Å²) in [5, 5.41) is 3.02. The van der Waals surface area contributed by atoms with Crippen LogP contribution in [0, 0.1) is 5.41 Å². The largest absolute Gasteiger partial charge is 0.383 e. The van der Waals surface area contributed by atoms with Crippen molar-refractivity contribution in [3.63, 3.8) is 0 Å². The Kier molecular flexibility index (Phi) is 12.9. The fraction of sp³-hybridized carbons (Fsp3) is 0.923. The van der Waals surface area contributed by atoms with Crippen molar-refractivity contribution in [2.75, 3.05) is 46.9 Å². The second-order valence-corrected chi connectivity index (χ2v) is 5.24. The summed E-state index contributed by atoms with van der Waals surface area (Å²) < 4.78 is 5.01. The van der Waals surface area contributed by atoms with Crippen molar-refractivity contribution < 1.29 is 9.53 Å². The molecular weight excluding hydrogens is 301 g/mol. The molecule has 1 aliphatic carbocycles. The number of nitrogens with zero attached hydrogens (tertiary/aromatic N) is 1. The highest BCUT2D eigenvalue weighted by molar-refractivity contribution is 5.85. The van der Waals surface area contributed by atoms with Gasteiger partial charge in [-0.1, -0.05) is 12.8 Å². The van der Waals surface area contributed by atoms with Gasteiger partial charge < -0.3 is 20.7 Å². The maximum atomic E-state index is 12.2. The Morgan fingerprint density at radius 1 is 1.30 bits per heavy atom. The van der Waals surface area contributed by atoms with Crippen LogP contribution in [0.4, 0.5) is 0 Å². The Morgan fingerprint density at radius 2 is 1.90 bits per heavy atom. The first-order valence-corrected chi connectivity index (χ1v) is 6.80. The van der Waals surface area contributed by atoms with Gasteiger partial charge in [0.1, 0.15) is 0 Å². The predicted octanol–water partition coefficient (Wildman–Crippen LogP) is 1.04. The van der Waals surface area contributed by atoms with Crippen LogP contribution in [-0.4, -0.2) is 57.8 Å². The molecule has 1 aliphatic rings. The van der Waals surface area contributed by atoms with Gasteiger partial charge in [0.25, 0.3) is 0 Å². The number of carbonyl (C=O) groups excluding carboxylic acids is 1. The summed E-state index contributed by atoms with van der Waals surface area (Å²) in [4.78, 5) is 14.3. The van der Waals surface area contributed by atoms with Crippen molar-refractivity contribution in [2.45, 2.75) is 25.7 Å². The molecule has 1 fully saturated rings. The molecule has 0 aromatic carbocycles. The molecule has 0 atom stereocenters. The monoisotopic (exact) mass is 329 g/mol. The number of methoxy groups -OCH3 is 1. The molecule has 0 aliphatic heterocycles. The van der Waals surface area contributed by atoms with Crippen LogP contribution < -0.4 is 11.1 Å². The van der Waals surface area contributed by atoms with Crippen LogP contribution in [0.25, 0.3) is 0 Å². The standard InChI is InChI=1S/C13H27N3O2.2ClH/c1-16(9-10-18-2)8-7-15-12(17)13(11-14)5-3-4-6-13;;/h3-11,14H2,1-2H3,(H,15,17);2*1H. The van der Waals surface area contributed by atoms with E-state index in [-0.39, 0.29) is 36.1 Å². The average molecular weight is 330 g/mol. The fourth-order valence-electron chi connectivity index (χ4n) is 2.48. The highest BCUT2D eigenvalue weighted by atomic mass is 35.5. The molecule has 1 saturated carbocycles. The summed E-state index contributed by atoms with van der Waals surface area (Å²) in [5.74, 6) is 0.141. The van der Waals surface area contributed by atoms with Gasteiger partial charge in [0.15, 0.2) is 0 Å². The van der Waals surface area contributed by atoms with Gasteiger partial charge in [-0.2, -0.15) is 0 Å². The minimum atomic E-state index is -0.287. The van der Waals surface area contributed by atoms with Crippen LogP contribution in [0.15, 0.2) is 0 Å². The molecule has 0 saturated heterocycles. The lowest BCUT2D eigenvalue weighted by Crippen LogP contribution is -2.46. The highest BCUT2D eigenvalue weighted by Gasteiger charge is 2.39. The highest BCUT2D eigenvalue weighted by Crippen LogP contribution is 2.37. The van der Waals surface area contributed by atoms with Gasteiger partial charge in [0.2, 0.25) is 5.91 Å². The molecule has 0 radical (unpaired) electrons. The van der Waals surface area contributed by atoms with Crippen LogP contribution in [0.2, 0.25) is 0 Å². The van der Waals surface area contributed by atoms with Crippen molar-refractivity contribution in [1.82, 2.24) is 10.2 Å². The zero-order valence-electron chi connectivity index (χ0n) is 12.5. The van der Waals surface area contributed by atoms with E-state index in [1.807, 2.05) is 7.05 Å². The molecular formula is C13H29Cl2N3O2. The number of rotatable bonds is 8. The van der Waals surface area contributed by atoms with E-state index in [1.165, 1.54) is 0 Å². The normalized spacial score (nSPS) is 16.4. The van der Waals surface area contributed by atoms with Gasteiger partial charge in [0, 0.05) is 33.3 Å². The van der Waals surface area contributed by atoms with Crippen LogP contribution >= 0.6 is 24.8 Å². The number of halogens is 2. The Morgan fingerprint density at radius 3 is 2.40 bits per heavy atom. The van der Waals surface area contributed by atoms with Crippen LogP contribution in [0.5, 0.6) is 0 Å². The Labute approximate surface area is 134 Å². The van der Waals surface area contributed by atoms with E-state index in [0.29, 0.717) is 13.1 Å². The first-order chi connectivity index (χ1) is 8.64. The number of amides is 1. The van der Waals surface area contributed by atoms with Crippen molar-refractivity contribution in [2.24, 2.45) is 11.1 Å². The molecule has 0 bridgehead atoms. The molecule has 20 heavy (non-hydrogen) atoms. The number of likely N-dealkylation sites (N-methyl/N-ethyl adjacent to an activating group) is 1. The molecule has 1 rings (SSSR count). The molecule has 122 valence electrons. The van der Waals surface area contributed by atoms with Crippen molar-refractivity contribution in [3.8, 4) is 0 Å². The lowest BCUT2D eigenvalue weighted by molar-refractivity contribution is -0.130. The van der Waals surface area contributed by atoms with Gasteiger partial charge in [0.05, 0.1) is 12.0 Å². The minimum Gasteiger partial charge on any atom is -0.383 e. The quantitative estimate of drug-likeness (QED) is 0.698. The zero-order valence-corrected chi connectivity index (χ0v) is 14.2. The van der Waals surface area contributed by atoms with Crippen molar-refractivity contribution in [1.29, 1.82) is 0 Å². The second kappa shape index (κ2) is 11.6. The number of nitrogens with two attached hydrogens (primary N) is 1. The van der Waals surface area contributed by atoms with E-state index in [4.69, 9.17) is 10.5 Å². The molecule has 5 nitrogen and oxygen atoms in total. The molecule has 1 amide bonds. The van der Waals surface area contributed by atoms with Crippen molar-refractivity contribution in [3.05, 3.63) is 0 Å². The van der Waals surface area contributed by atoms with Crippen LogP contribution in [0.3, 0.4) is 0 Å². The second-order valence-electron chi connectivity index (χ2n) is 5.24. The maximum Gasteiger partial charge on any atom is 0.227 e. The summed E-state index contributed by atoms with van der Waals surface area (Å²) in [6.45, 7) is 3.60. The van der Waals surface area contributed by atoms with Gasteiger partial charge in [-0.3, -0.25) is 4.79 Å². The summed E-state index contributed by atoms with van der Waals surface area (Å²) in [6.07, 6.45) is 4.13. The Balaban J connectivity index is 0. The predicted molar refractivity (Wildman–Crippen MR) is 86.8 cm³/mol.